The van der Waals surface area contributed by atoms with Gasteiger partial charge in [-0.25, -0.2) is 4.79 Å². The molecule has 8 nitrogen and oxygen atoms in total. The second kappa shape index (κ2) is 8.13. The molecule has 0 radical (unpaired) electrons. The number of amides is 4. The summed E-state index contributed by atoms with van der Waals surface area (Å²) in [5.74, 6) is -0.135. The number of alkyl halides is 3. The molecule has 2 fully saturated rings. The molecule has 4 rings (SSSR count). The highest BCUT2D eigenvalue weighted by atomic mass is 19.4. The number of furan rings is 1. The molecule has 2 saturated heterocycles. The van der Waals surface area contributed by atoms with Crippen LogP contribution in [0.4, 0.5) is 23.7 Å². The van der Waals surface area contributed by atoms with Crippen molar-refractivity contribution >= 4 is 23.5 Å². The lowest BCUT2D eigenvalue weighted by molar-refractivity contribution is -0.139. The predicted octanol–water partition coefficient (Wildman–Crippen LogP) is 2.72. The van der Waals surface area contributed by atoms with E-state index in [1.165, 1.54) is 17.9 Å². The van der Waals surface area contributed by atoms with E-state index >= 15 is 0 Å². The highest BCUT2D eigenvalue weighted by Crippen LogP contribution is 2.32. The van der Waals surface area contributed by atoms with Crippen molar-refractivity contribution in [2.45, 2.75) is 25.6 Å². The molecule has 1 atom stereocenters. The summed E-state index contributed by atoms with van der Waals surface area (Å²) in [6.45, 7) is 3.98. The summed E-state index contributed by atoms with van der Waals surface area (Å²) in [7, 11) is 0. The van der Waals surface area contributed by atoms with Crippen LogP contribution in [-0.2, 0) is 21.3 Å². The number of piperazine rings is 1. The summed E-state index contributed by atoms with van der Waals surface area (Å²) >= 11 is 0. The van der Waals surface area contributed by atoms with E-state index in [9.17, 15) is 27.6 Å². The maximum atomic E-state index is 13.0. The van der Waals surface area contributed by atoms with Gasteiger partial charge in [-0.1, -0.05) is 6.07 Å². The fourth-order valence-corrected chi connectivity index (χ4v) is 4.04. The maximum absolute atomic E-state index is 13.0. The van der Waals surface area contributed by atoms with Crippen LogP contribution in [0, 0.1) is 6.92 Å². The predicted molar refractivity (Wildman–Crippen MR) is 111 cm³/mol. The molecule has 0 bridgehead atoms. The Morgan fingerprint density at radius 2 is 1.82 bits per heavy atom. The monoisotopic (exact) mass is 464 g/mol. The Balaban J connectivity index is 1.38. The molecule has 4 amide bonds. The van der Waals surface area contributed by atoms with Crippen LogP contribution in [0.25, 0.3) is 0 Å². The molecular formula is C22H23F3N4O4. The molecule has 2 aliphatic heterocycles. The Morgan fingerprint density at radius 3 is 2.42 bits per heavy atom. The smallest absolute Gasteiger partial charge is 0.416 e. The van der Waals surface area contributed by atoms with Gasteiger partial charge in [0.1, 0.15) is 18.1 Å². The quantitative estimate of drug-likeness (QED) is 0.704. The molecule has 0 spiro atoms. The largest absolute Gasteiger partial charge is 0.463 e. The maximum Gasteiger partial charge on any atom is 0.416 e. The summed E-state index contributed by atoms with van der Waals surface area (Å²) in [5, 5.41) is 2.59. The first-order valence-electron chi connectivity index (χ1n) is 10.4. The van der Waals surface area contributed by atoms with E-state index in [0.717, 1.165) is 17.0 Å². The Bertz CT molecular complexity index is 1090. The molecule has 0 saturated carbocycles. The number of nitrogens with one attached hydrogen (secondary N) is 1. The zero-order chi connectivity index (χ0) is 24.0. The minimum atomic E-state index is -4.43. The van der Waals surface area contributed by atoms with E-state index in [1.807, 2.05) is 0 Å². The van der Waals surface area contributed by atoms with Gasteiger partial charge < -0.3 is 19.5 Å². The molecule has 0 aliphatic carbocycles. The number of anilines is 1. The van der Waals surface area contributed by atoms with Gasteiger partial charge in [0.15, 0.2) is 5.54 Å². The number of nitrogens with zero attached hydrogens (tertiary/aromatic N) is 3. The van der Waals surface area contributed by atoms with Gasteiger partial charge in [-0.05, 0) is 44.2 Å². The number of aryl methyl sites for hydroxylation is 1. The number of hydrogen-bond donors (Lipinski definition) is 1. The van der Waals surface area contributed by atoms with Crippen LogP contribution >= 0.6 is 0 Å². The summed E-state index contributed by atoms with van der Waals surface area (Å²) in [4.78, 5) is 42.3. The van der Waals surface area contributed by atoms with E-state index in [-0.39, 0.29) is 18.8 Å². The average molecular weight is 464 g/mol. The van der Waals surface area contributed by atoms with Gasteiger partial charge in [0.05, 0.1) is 5.56 Å². The van der Waals surface area contributed by atoms with Crippen LogP contribution in [-0.4, -0.2) is 60.4 Å². The first-order valence-corrected chi connectivity index (χ1v) is 10.4. The number of benzene rings is 1. The first kappa shape index (κ1) is 22.7. The van der Waals surface area contributed by atoms with Crippen molar-refractivity contribution in [3.63, 3.8) is 0 Å². The highest BCUT2D eigenvalue weighted by molar-refractivity contribution is 6.08. The second-order valence-electron chi connectivity index (χ2n) is 8.27. The molecular weight excluding hydrogens is 441 g/mol. The SMILES string of the molecule is Cc1ccc(C2(C)NC(=O)N(CC(=O)N3CCN(c4cccc(C(F)(F)F)c4)CC3)C2=O)o1. The fourth-order valence-electron chi connectivity index (χ4n) is 4.04. The Kier molecular flexibility index (Phi) is 5.59. The standard InChI is InChI=1S/C22H23F3N4O4/c1-14-6-7-17(33-14)21(2)19(31)29(20(32)26-21)13-18(30)28-10-8-27(9-11-28)16-5-3-4-15(12-16)22(23,24)25/h3-7,12H,8-11,13H2,1-2H3,(H,26,32). The normalized spacial score (nSPS) is 21.5. The van der Waals surface area contributed by atoms with E-state index in [2.05, 4.69) is 5.32 Å². The third-order valence-corrected chi connectivity index (χ3v) is 5.97. The van der Waals surface area contributed by atoms with Gasteiger partial charge in [-0.2, -0.15) is 13.2 Å². The third kappa shape index (κ3) is 4.27. The van der Waals surface area contributed by atoms with Gasteiger partial charge in [0.2, 0.25) is 5.91 Å². The molecule has 2 aromatic rings. The summed E-state index contributed by atoms with van der Waals surface area (Å²) in [6.07, 6.45) is -4.43. The number of carbonyl (C=O) groups excluding carboxylic acids is 3. The van der Waals surface area contributed by atoms with Crippen LogP contribution in [0.3, 0.4) is 0 Å². The molecule has 1 aromatic heterocycles. The van der Waals surface area contributed by atoms with Gasteiger partial charge >= 0.3 is 12.2 Å². The zero-order valence-electron chi connectivity index (χ0n) is 18.1. The van der Waals surface area contributed by atoms with Crippen molar-refractivity contribution in [3.05, 3.63) is 53.5 Å². The molecule has 33 heavy (non-hydrogen) atoms. The topological polar surface area (TPSA) is 86.1 Å². The molecule has 1 aromatic carbocycles. The van der Waals surface area contributed by atoms with Crippen LogP contribution in [0.2, 0.25) is 0 Å². The lowest BCUT2D eigenvalue weighted by Gasteiger charge is -2.36. The molecule has 3 heterocycles. The zero-order valence-corrected chi connectivity index (χ0v) is 18.1. The molecule has 2 aliphatic rings. The minimum Gasteiger partial charge on any atom is -0.463 e. The lowest BCUT2D eigenvalue weighted by Crippen LogP contribution is -2.52. The van der Waals surface area contributed by atoms with Gasteiger partial charge in [0.25, 0.3) is 5.91 Å². The average Bonchev–Trinajstić information content (AvgIpc) is 3.31. The first-order chi connectivity index (χ1) is 15.5. The van der Waals surface area contributed by atoms with Crippen LogP contribution in [0.15, 0.2) is 40.8 Å². The van der Waals surface area contributed by atoms with Crippen molar-refractivity contribution < 1.29 is 32.0 Å². The van der Waals surface area contributed by atoms with Gasteiger partial charge in [-0.15, -0.1) is 0 Å². The lowest BCUT2D eigenvalue weighted by atomic mass is 9.99. The Labute approximate surface area is 187 Å². The van der Waals surface area contributed by atoms with Crippen LogP contribution in [0.1, 0.15) is 24.0 Å². The van der Waals surface area contributed by atoms with Crippen LogP contribution < -0.4 is 10.2 Å². The summed E-state index contributed by atoms with van der Waals surface area (Å²) < 4.78 is 44.5. The number of carbonyl (C=O) groups is 3. The van der Waals surface area contributed by atoms with Crippen molar-refractivity contribution in [1.82, 2.24) is 15.1 Å². The van der Waals surface area contributed by atoms with E-state index in [4.69, 9.17) is 4.42 Å². The van der Waals surface area contributed by atoms with Crippen LogP contribution in [0.5, 0.6) is 0 Å². The van der Waals surface area contributed by atoms with E-state index < -0.39 is 41.7 Å². The van der Waals surface area contributed by atoms with Crippen molar-refractivity contribution in [1.29, 1.82) is 0 Å². The molecule has 1 unspecified atom stereocenters. The Hall–Kier alpha value is -3.50. The summed E-state index contributed by atoms with van der Waals surface area (Å²) in [6, 6.07) is 7.64. The molecule has 1 N–H and O–H groups in total. The minimum absolute atomic E-state index is 0.257. The number of hydrogen-bond acceptors (Lipinski definition) is 5. The van der Waals surface area contributed by atoms with E-state index in [1.54, 1.807) is 30.0 Å². The summed E-state index contributed by atoms with van der Waals surface area (Å²) in [5.41, 5.74) is -1.70. The van der Waals surface area contributed by atoms with Gasteiger partial charge in [-0.3, -0.25) is 14.5 Å². The molecule has 11 heteroatoms. The van der Waals surface area contributed by atoms with Crippen molar-refractivity contribution in [3.8, 4) is 0 Å². The van der Waals surface area contributed by atoms with Gasteiger partial charge in [0, 0.05) is 31.9 Å². The molecule has 176 valence electrons. The number of imide groups is 1. The number of halogens is 3. The highest BCUT2D eigenvalue weighted by Gasteiger charge is 2.51. The van der Waals surface area contributed by atoms with Crippen molar-refractivity contribution in [2.24, 2.45) is 0 Å². The number of urea groups is 1. The van der Waals surface area contributed by atoms with Crippen molar-refractivity contribution in [2.75, 3.05) is 37.6 Å². The third-order valence-electron chi connectivity index (χ3n) is 5.97. The fraction of sp³-hybridized carbons (Fsp3) is 0.409. The second-order valence-corrected chi connectivity index (χ2v) is 8.27. The van der Waals surface area contributed by atoms with E-state index in [0.29, 0.717) is 24.5 Å². The number of rotatable bonds is 4. The Morgan fingerprint density at radius 1 is 1.12 bits per heavy atom.